The molecule has 7 nitrogen and oxygen atoms in total. The predicted molar refractivity (Wildman–Crippen MR) is 110 cm³/mol. The fraction of sp³-hybridized carbons (Fsp3) is 0.889. The summed E-state index contributed by atoms with van der Waals surface area (Å²) in [5.41, 5.74) is 0. The highest BCUT2D eigenvalue weighted by atomic mass is 35.5. The molecule has 2 heterocycles. The summed E-state index contributed by atoms with van der Waals surface area (Å²) < 4.78 is 5.57. The first-order chi connectivity index (χ1) is 12.1. The van der Waals surface area contributed by atoms with E-state index in [0.717, 1.165) is 32.5 Å². The van der Waals surface area contributed by atoms with E-state index in [2.05, 4.69) is 15.5 Å². The van der Waals surface area contributed by atoms with Gasteiger partial charge in [-0.25, -0.2) is 0 Å². The third-order valence-corrected chi connectivity index (χ3v) is 5.60. The molecule has 0 aromatic heterocycles. The molecule has 3 aliphatic rings. The van der Waals surface area contributed by atoms with Crippen molar-refractivity contribution in [2.24, 2.45) is 0 Å². The molecule has 3 rings (SSSR count). The lowest BCUT2D eigenvalue weighted by Gasteiger charge is -2.38. The summed E-state index contributed by atoms with van der Waals surface area (Å²) in [6.45, 7) is 6.65. The Kier molecular flexibility index (Phi) is 10.9. The van der Waals surface area contributed by atoms with Gasteiger partial charge in [0.1, 0.15) is 6.04 Å². The minimum atomic E-state index is -0.241. The number of carbonyl (C=O) groups excluding carboxylic acids is 2. The topological polar surface area (TPSA) is 73.9 Å². The van der Waals surface area contributed by atoms with Gasteiger partial charge in [0.25, 0.3) is 0 Å². The van der Waals surface area contributed by atoms with Crippen molar-refractivity contribution in [2.75, 3.05) is 45.9 Å². The number of nitrogens with zero attached hydrogens (tertiary/aromatic N) is 2. The van der Waals surface area contributed by atoms with E-state index in [9.17, 15) is 9.59 Å². The number of morpholine rings is 1. The predicted octanol–water partition coefficient (Wildman–Crippen LogP) is 0.800. The quantitative estimate of drug-likeness (QED) is 0.697. The maximum Gasteiger partial charge on any atom is 0.242 e. The van der Waals surface area contributed by atoms with Gasteiger partial charge in [0.2, 0.25) is 11.8 Å². The molecule has 2 aliphatic heterocycles. The molecular formula is C18H34Cl2N4O3. The maximum atomic E-state index is 12.6. The van der Waals surface area contributed by atoms with Crippen LogP contribution in [0.15, 0.2) is 0 Å². The van der Waals surface area contributed by atoms with Crippen LogP contribution in [-0.2, 0) is 14.3 Å². The number of piperazine rings is 1. The monoisotopic (exact) mass is 424 g/mol. The number of halogens is 2. The third kappa shape index (κ3) is 7.06. The summed E-state index contributed by atoms with van der Waals surface area (Å²) in [7, 11) is 0. The van der Waals surface area contributed by atoms with Gasteiger partial charge in [0, 0.05) is 38.8 Å². The first-order valence-electron chi connectivity index (χ1n) is 9.79. The van der Waals surface area contributed by atoms with E-state index in [1.165, 1.54) is 19.3 Å². The molecule has 27 heavy (non-hydrogen) atoms. The zero-order valence-corrected chi connectivity index (χ0v) is 17.8. The normalized spacial score (nSPS) is 27.2. The van der Waals surface area contributed by atoms with Crippen LogP contribution in [-0.4, -0.2) is 85.7 Å². The van der Waals surface area contributed by atoms with E-state index < -0.39 is 0 Å². The van der Waals surface area contributed by atoms with E-state index in [4.69, 9.17) is 4.74 Å². The average molecular weight is 425 g/mol. The van der Waals surface area contributed by atoms with E-state index >= 15 is 0 Å². The summed E-state index contributed by atoms with van der Waals surface area (Å²) in [5.74, 6) is 0.251. The van der Waals surface area contributed by atoms with Crippen molar-refractivity contribution in [3.05, 3.63) is 0 Å². The molecule has 0 aromatic carbocycles. The zero-order valence-electron chi connectivity index (χ0n) is 16.2. The third-order valence-electron chi connectivity index (χ3n) is 5.60. The van der Waals surface area contributed by atoms with Crippen LogP contribution in [0.5, 0.6) is 0 Å². The second-order valence-electron chi connectivity index (χ2n) is 7.51. The van der Waals surface area contributed by atoms with Crippen molar-refractivity contribution in [3.8, 4) is 0 Å². The zero-order chi connectivity index (χ0) is 17.6. The minimum absolute atomic E-state index is 0. The van der Waals surface area contributed by atoms with Gasteiger partial charge < -0.3 is 20.3 Å². The molecule has 0 radical (unpaired) electrons. The standard InChI is InChI=1S/C18H32N4O3.2ClH/c1-14-17(19-7-12-25-14)18(24)22-10-8-21(9-11-22)13-16(23)20-15-5-3-2-4-6-15;;/h14-15,17,19H,2-13H2,1H3,(H,20,23);2*1H/t14-,17+;;/m1../s1. The van der Waals surface area contributed by atoms with Crippen molar-refractivity contribution < 1.29 is 14.3 Å². The van der Waals surface area contributed by atoms with Gasteiger partial charge in [-0.15, -0.1) is 24.8 Å². The molecule has 1 aliphatic carbocycles. The lowest BCUT2D eigenvalue weighted by Crippen LogP contribution is -2.60. The van der Waals surface area contributed by atoms with Crippen LogP contribution in [0.2, 0.25) is 0 Å². The lowest BCUT2D eigenvalue weighted by molar-refractivity contribution is -0.141. The van der Waals surface area contributed by atoms with E-state index in [0.29, 0.717) is 32.3 Å². The van der Waals surface area contributed by atoms with Crippen molar-refractivity contribution >= 4 is 36.6 Å². The molecule has 0 aromatic rings. The van der Waals surface area contributed by atoms with Gasteiger partial charge in [-0.05, 0) is 19.8 Å². The molecule has 9 heteroatoms. The van der Waals surface area contributed by atoms with Crippen LogP contribution in [0, 0.1) is 0 Å². The Balaban J connectivity index is 0.00000182. The van der Waals surface area contributed by atoms with E-state index in [-0.39, 0.29) is 48.8 Å². The largest absolute Gasteiger partial charge is 0.375 e. The van der Waals surface area contributed by atoms with Gasteiger partial charge in [0.15, 0.2) is 0 Å². The summed E-state index contributed by atoms with van der Waals surface area (Å²) >= 11 is 0. The second-order valence-corrected chi connectivity index (χ2v) is 7.51. The minimum Gasteiger partial charge on any atom is -0.375 e. The average Bonchev–Trinajstić information content (AvgIpc) is 2.63. The van der Waals surface area contributed by atoms with Crippen LogP contribution in [0.4, 0.5) is 0 Å². The van der Waals surface area contributed by atoms with Gasteiger partial charge >= 0.3 is 0 Å². The summed E-state index contributed by atoms with van der Waals surface area (Å²) in [4.78, 5) is 28.9. The summed E-state index contributed by atoms with van der Waals surface area (Å²) in [5, 5.41) is 6.43. The van der Waals surface area contributed by atoms with Crippen LogP contribution < -0.4 is 10.6 Å². The molecule has 3 fully saturated rings. The summed E-state index contributed by atoms with van der Waals surface area (Å²) in [6.07, 6.45) is 5.89. The number of rotatable bonds is 4. The van der Waals surface area contributed by atoms with Gasteiger partial charge in [-0.2, -0.15) is 0 Å². The second kappa shape index (κ2) is 12.1. The van der Waals surface area contributed by atoms with Gasteiger partial charge in [0.05, 0.1) is 19.3 Å². The van der Waals surface area contributed by atoms with Crippen molar-refractivity contribution in [2.45, 2.75) is 57.2 Å². The van der Waals surface area contributed by atoms with E-state index in [1.54, 1.807) is 0 Å². The van der Waals surface area contributed by atoms with E-state index in [1.807, 2.05) is 11.8 Å². The highest BCUT2D eigenvalue weighted by Crippen LogP contribution is 2.17. The molecule has 2 N–H and O–H groups in total. The number of nitrogens with one attached hydrogen (secondary N) is 2. The molecule has 2 atom stereocenters. The fourth-order valence-corrected chi connectivity index (χ4v) is 4.06. The first-order valence-corrected chi connectivity index (χ1v) is 9.79. The molecule has 0 bridgehead atoms. The lowest BCUT2D eigenvalue weighted by atomic mass is 9.95. The molecule has 158 valence electrons. The molecule has 2 amide bonds. The maximum absolute atomic E-state index is 12.6. The van der Waals surface area contributed by atoms with Crippen LogP contribution in [0.25, 0.3) is 0 Å². The number of ether oxygens (including phenoxy) is 1. The Morgan fingerprint density at radius 3 is 2.37 bits per heavy atom. The van der Waals surface area contributed by atoms with Gasteiger partial charge in [-0.3, -0.25) is 14.5 Å². The van der Waals surface area contributed by atoms with Crippen molar-refractivity contribution in [3.63, 3.8) is 0 Å². The molecule has 2 saturated heterocycles. The Morgan fingerprint density at radius 2 is 1.74 bits per heavy atom. The van der Waals surface area contributed by atoms with Crippen LogP contribution >= 0.6 is 24.8 Å². The molecule has 1 saturated carbocycles. The number of hydrogen-bond donors (Lipinski definition) is 2. The Hall–Kier alpha value is -0.600. The van der Waals surface area contributed by atoms with Crippen LogP contribution in [0.1, 0.15) is 39.0 Å². The highest BCUT2D eigenvalue weighted by molar-refractivity contribution is 5.85. The Labute approximate surface area is 174 Å². The van der Waals surface area contributed by atoms with Crippen molar-refractivity contribution in [1.29, 1.82) is 0 Å². The molecule has 0 unspecified atom stereocenters. The van der Waals surface area contributed by atoms with Gasteiger partial charge in [-0.1, -0.05) is 19.3 Å². The van der Waals surface area contributed by atoms with Crippen LogP contribution in [0.3, 0.4) is 0 Å². The number of amides is 2. The SMILES string of the molecule is C[C@H]1OCCN[C@@H]1C(=O)N1CCN(CC(=O)NC2CCCCC2)CC1.Cl.Cl. The number of carbonyl (C=O) groups is 2. The number of hydrogen-bond acceptors (Lipinski definition) is 5. The smallest absolute Gasteiger partial charge is 0.242 e. The highest BCUT2D eigenvalue weighted by Gasteiger charge is 2.33. The fourth-order valence-electron chi connectivity index (χ4n) is 4.06. The first kappa shape index (κ1) is 24.4. The Morgan fingerprint density at radius 1 is 1.07 bits per heavy atom. The molecular weight excluding hydrogens is 391 g/mol. The van der Waals surface area contributed by atoms with Crippen molar-refractivity contribution in [1.82, 2.24) is 20.4 Å². The Bertz CT molecular complexity index is 470. The summed E-state index contributed by atoms with van der Waals surface area (Å²) in [6, 6.07) is 0.123. The molecule has 0 spiro atoms.